The second-order valence-electron chi connectivity index (χ2n) is 8.01. The van der Waals surface area contributed by atoms with Gasteiger partial charge in [-0.05, 0) is 42.0 Å². The van der Waals surface area contributed by atoms with Crippen molar-refractivity contribution in [2.75, 3.05) is 51.3 Å². The first-order valence-electron chi connectivity index (χ1n) is 10.7. The third-order valence-electron chi connectivity index (χ3n) is 5.84. The van der Waals surface area contributed by atoms with Crippen molar-refractivity contribution >= 4 is 33.0 Å². The van der Waals surface area contributed by atoms with Crippen LogP contribution >= 0.6 is 11.3 Å². The molecule has 0 bridgehead atoms. The summed E-state index contributed by atoms with van der Waals surface area (Å²) in [5.74, 6) is -0.261. The predicted octanol–water partition coefficient (Wildman–Crippen LogP) is 3.03. The number of carbonyl (C=O) groups is 1. The Balaban J connectivity index is 1.45. The Kier molecular flexibility index (Phi) is 6.95. The molecule has 0 atom stereocenters. The van der Waals surface area contributed by atoms with E-state index in [1.165, 1.54) is 15.6 Å². The van der Waals surface area contributed by atoms with Crippen LogP contribution in [0.1, 0.15) is 34.5 Å². The number of anilines is 1. The van der Waals surface area contributed by atoms with E-state index in [0.717, 1.165) is 56.8 Å². The number of carbonyl (C=O) groups excluding carboxylic acids is 1. The lowest BCUT2D eigenvalue weighted by atomic mass is 10.1. The summed E-state index contributed by atoms with van der Waals surface area (Å²) < 4.78 is 33.1. The number of hydrogen-bond donors (Lipinski definition) is 0. The molecule has 2 aromatic rings. The molecule has 7 nitrogen and oxygen atoms in total. The third-order valence-corrected chi connectivity index (χ3v) is 8.81. The van der Waals surface area contributed by atoms with Crippen molar-refractivity contribution in [1.29, 1.82) is 0 Å². The molecule has 0 radical (unpaired) electrons. The van der Waals surface area contributed by atoms with E-state index in [-0.39, 0.29) is 15.7 Å². The molecule has 1 aromatic carbocycles. The highest BCUT2D eigenvalue weighted by Crippen LogP contribution is 2.28. The minimum Gasteiger partial charge on any atom is -0.378 e. The van der Waals surface area contributed by atoms with Gasteiger partial charge in [0.05, 0.1) is 13.2 Å². The second-order valence-corrected chi connectivity index (χ2v) is 10.8. The molecule has 0 spiro atoms. The molecule has 2 aliphatic rings. The average molecular weight is 464 g/mol. The zero-order valence-corrected chi connectivity index (χ0v) is 19.5. The summed E-state index contributed by atoms with van der Waals surface area (Å²) in [5.41, 5.74) is 2.15. The lowest BCUT2D eigenvalue weighted by Gasteiger charge is -2.29. The van der Waals surface area contributed by atoms with Crippen molar-refractivity contribution in [1.82, 2.24) is 9.21 Å². The number of morpholine rings is 1. The average Bonchev–Trinajstić information content (AvgIpc) is 3.31. The quantitative estimate of drug-likeness (QED) is 0.659. The van der Waals surface area contributed by atoms with E-state index in [1.807, 2.05) is 12.1 Å². The molecule has 2 saturated heterocycles. The van der Waals surface area contributed by atoms with Gasteiger partial charge in [0.2, 0.25) is 10.0 Å². The van der Waals surface area contributed by atoms with Crippen LogP contribution in [0.4, 0.5) is 5.69 Å². The molecule has 3 heterocycles. The fourth-order valence-electron chi connectivity index (χ4n) is 4.05. The molecule has 2 fully saturated rings. The zero-order valence-electron chi connectivity index (χ0n) is 17.8. The summed E-state index contributed by atoms with van der Waals surface area (Å²) >= 11 is 1.19. The van der Waals surface area contributed by atoms with Crippen molar-refractivity contribution < 1.29 is 17.9 Å². The summed E-state index contributed by atoms with van der Waals surface area (Å²) in [6.07, 6.45) is 2.79. The van der Waals surface area contributed by atoms with Gasteiger partial charge in [0.15, 0.2) is 0 Å². The number of hydrogen-bond acceptors (Lipinski definition) is 6. The van der Waals surface area contributed by atoms with Crippen LogP contribution < -0.4 is 4.90 Å². The van der Waals surface area contributed by atoms with Crippen LogP contribution in [0.5, 0.6) is 0 Å². The lowest BCUT2D eigenvalue weighted by molar-refractivity contribution is 0.0786. The number of piperidine rings is 1. The molecule has 31 heavy (non-hydrogen) atoms. The van der Waals surface area contributed by atoms with Crippen LogP contribution in [0.25, 0.3) is 0 Å². The zero-order chi connectivity index (χ0) is 21.8. The number of sulfonamides is 1. The molecule has 9 heteroatoms. The predicted molar refractivity (Wildman–Crippen MR) is 122 cm³/mol. The van der Waals surface area contributed by atoms with Crippen molar-refractivity contribution in [3.8, 4) is 0 Å². The molecule has 0 N–H and O–H groups in total. The van der Waals surface area contributed by atoms with Crippen LogP contribution in [0.3, 0.4) is 0 Å². The highest BCUT2D eigenvalue weighted by Gasteiger charge is 2.31. The summed E-state index contributed by atoms with van der Waals surface area (Å²) in [7, 11) is -1.92. The van der Waals surface area contributed by atoms with Gasteiger partial charge in [0.25, 0.3) is 5.91 Å². The Morgan fingerprint density at radius 1 is 1.03 bits per heavy atom. The Morgan fingerprint density at radius 3 is 2.39 bits per heavy atom. The van der Waals surface area contributed by atoms with Gasteiger partial charge in [0, 0.05) is 45.5 Å². The number of rotatable bonds is 6. The second kappa shape index (κ2) is 9.68. The standard InChI is InChI=1S/C22H29N3O4S2/c1-23(17-18-5-7-19(8-6-18)24-12-14-29-15-13-24)22(26)21-20(9-16-30-21)31(27,28)25-10-3-2-4-11-25/h5-9,16H,2-4,10-15,17H2,1H3. The molecule has 168 valence electrons. The number of ether oxygens (including phenoxy) is 1. The van der Waals surface area contributed by atoms with E-state index in [0.29, 0.717) is 19.6 Å². The minimum atomic E-state index is -3.64. The minimum absolute atomic E-state index is 0.138. The Labute approximate surface area is 188 Å². The largest absolute Gasteiger partial charge is 0.378 e. The lowest BCUT2D eigenvalue weighted by Crippen LogP contribution is -2.36. The normalized spacial score (nSPS) is 18.2. The van der Waals surface area contributed by atoms with Crippen LogP contribution in [0.2, 0.25) is 0 Å². The monoisotopic (exact) mass is 463 g/mol. The Bertz CT molecular complexity index is 992. The van der Waals surface area contributed by atoms with Gasteiger partial charge < -0.3 is 14.5 Å². The molecule has 0 unspecified atom stereocenters. The highest BCUT2D eigenvalue weighted by molar-refractivity contribution is 7.89. The first kappa shape index (κ1) is 22.3. The van der Waals surface area contributed by atoms with Gasteiger partial charge >= 0.3 is 0 Å². The van der Waals surface area contributed by atoms with Crippen molar-refractivity contribution in [2.24, 2.45) is 0 Å². The van der Waals surface area contributed by atoms with Gasteiger partial charge in [-0.25, -0.2) is 8.42 Å². The third kappa shape index (κ3) is 4.95. The molecule has 4 rings (SSSR count). The van der Waals surface area contributed by atoms with E-state index in [2.05, 4.69) is 17.0 Å². The van der Waals surface area contributed by atoms with Crippen molar-refractivity contribution in [2.45, 2.75) is 30.7 Å². The van der Waals surface area contributed by atoms with Crippen molar-refractivity contribution in [3.05, 3.63) is 46.2 Å². The molecular weight excluding hydrogens is 434 g/mol. The molecule has 0 aliphatic carbocycles. The summed E-state index contributed by atoms with van der Waals surface area (Å²) in [4.78, 5) is 17.4. The molecular formula is C22H29N3O4S2. The Morgan fingerprint density at radius 2 is 1.71 bits per heavy atom. The highest BCUT2D eigenvalue weighted by atomic mass is 32.2. The van der Waals surface area contributed by atoms with Gasteiger partial charge in [0.1, 0.15) is 9.77 Å². The van der Waals surface area contributed by atoms with E-state index in [9.17, 15) is 13.2 Å². The summed E-state index contributed by atoms with van der Waals surface area (Å²) in [6.45, 7) is 4.71. The van der Waals surface area contributed by atoms with Gasteiger partial charge in [-0.2, -0.15) is 4.31 Å². The van der Waals surface area contributed by atoms with Gasteiger partial charge in [-0.3, -0.25) is 4.79 Å². The maximum atomic E-state index is 13.1. The Hall–Kier alpha value is -1.94. The van der Waals surface area contributed by atoms with Crippen LogP contribution in [0, 0.1) is 0 Å². The maximum absolute atomic E-state index is 13.1. The first-order chi connectivity index (χ1) is 15.0. The number of amides is 1. The van der Waals surface area contributed by atoms with Gasteiger partial charge in [-0.15, -0.1) is 11.3 Å². The van der Waals surface area contributed by atoms with Crippen molar-refractivity contribution in [3.63, 3.8) is 0 Å². The molecule has 0 saturated carbocycles. The van der Waals surface area contributed by atoms with Crippen LogP contribution in [-0.4, -0.2) is 70.0 Å². The van der Waals surface area contributed by atoms with Gasteiger partial charge in [-0.1, -0.05) is 18.6 Å². The smallest absolute Gasteiger partial charge is 0.265 e. The number of thiophene rings is 1. The first-order valence-corrected chi connectivity index (χ1v) is 13.0. The fourth-order valence-corrected chi connectivity index (χ4v) is 6.96. The number of benzene rings is 1. The van der Waals surface area contributed by atoms with E-state index in [4.69, 9.17) is 4.74 Å². The maximum Gasteiger partial charge on any atom is 0.265 e. The SMILES string of the molecule is CN(Cc1ccc(N2CCOCC2)cc1)C(=O)c1sccc1S(=O)(=O)N1CCCCC1. The van der Waals surface area contributed by atoms with Crippen LogP contribution in [-0.2, 0) is 21.3 Å². The number of nitrogens with zero attached hydrogens (tertiary/aromatic N) is 3. The summed E-state index contributed by atoms with van der Waals surface area (Å²) in [5, 5.41) is 1.69. The fraction of sp³-hybridized carbons (Fsp3) is 0.500. The molecule has 1 aromatic heterocycles. The topological polar surface area (TPSA) is 70.2 Å². The molecule has 2 aliphatic heterocycles. The van der Waals surface area contributed by atoms with E-state index < -0.39 is 10.0 Å². The van der Waals surface area contributed by atoms with E-state index >= 15 is 0 Å². The summed E-state index contributed by atoms with van der Waals surface area (Å²) in [6, 6.07) is 9.74. The van der Waals surface area contributed by atoms with E-state index in [1.54, 1.807) is 23.4 Å². The molecule has 1 amide bonds. The van der Waals surface area contributed by atoms with Crippen LogP contribution in [0.15, 0.2) is 40.6 Å².